The summed E-state index contributed by atoms with van der Waals surface area (Å²) in [5.74, 6) is 0.593. The van der Waals surface area contributed by atoms with Crippen LogP contribution in [0.25, 0.3) is 0 Å². The Hall–Kier alpha value is -3.16. The molecule has 1 aromatic heterocycles. The number of aromatic nitrogens is 2. The standard InChI is InChI=1S/C25H32BN5O4/c1-15-9-18(10-19(23(32)33-5)21(15)26-34-13-25(3,4)14-35-26)29-24-28-12-16(2)22(31-24)30-20-8-6-7-17(20)11-27/h9-10,12,17,20H,6-8,13-14H2,1-5H3,(H2,28,29,30,31)/t17-,20?/m1/s1. The van der Waals surface area contributed by atoms with Crippen molar-refractivity contribution in [3.8, 4) is 6.07 Å². The fourth-order valence-electron chi connectivity index (χ4n) is 4.56. The molecule has 1 aromatic carbocycles. The van der Waals surface area contributed by atoms with Crippen LogP contribution >= 0.6 is 0 Å². The van der Waals surface area contributed by atoms with Gasteiger partial charge in [0.1, 0.15) is 5.82 Å². The predicted molar refractivity (Wildman–Crippen MR) is 134 cm³/mol. The summed E-state index contributed by atoms with van der Waals surface area (Å²) in [6, 6.07) is 6.08. The molecule has 9 nitrogen and oxygen atoms in total. The normalized spacial score (nSPS) is 21.3. The number of nitriles is 1. The number of ether oxygens (including phenoxy) is 1. The van der Waals surface area contributed by atoms with E-state index in [0.717, 1.165) is 30.4 Å². The van der Waals surface area contributed by atoms with Gasteiger partial charge in [-0.3, -0.25) is 0 Å². The Bertz CT molecular complexity index is 1140. The van der Waals surface area contributed by atoms with E-state index in [-0.39, 0.29) is 17.4 Å². The molecule has 1 saturated carbocycles. The molecule has 1 aliphatic heterocycles. The Morgan fingerprint density at radius 1 is 1.23 bits per heavy atom. The van der Waals surface area contributed by atoms with Gasteiger partial charge in [0.05, 0.1) is 24.7 Å². The van der Waals surface area contributed by atoms with Gasteiger partial charge in [-0.2, -0.15) is 10.2 Å². The van der Waals surface area contributed by atoms with Crippen molar-refractivity contribution in [2.75, 3.05) is 31.0 Å². The zero-order valence-electron chi connectivity index (χ0n) is 21.0. The minimum absolute atomic E-state index is 0.0200. The lowest BCUT2D eigenvalue weighted by molar-refractivity contribution is 0.0339. The highest BCUT2D eigenvalue weighted by Gasteiger charge is 2.37. The van der Waals surface area contributed by atoms with Crippen LogP contribution in [0.5, 0.6) is 0 Å². The van der Waals surface area contributed by atoms with Gasteiger partial charge >= 0.3 is 13.1 Å². The van der Waals surface area contributed by atoms with Gasteiger partial charge in [0.25, 0.3) is 0 Å². The third-order valence-corrected chi connectivity index (χ3v) is 6.51. The molecule has 2 heterocycles. The number of nitrogens with one attached hydrogen (secondary N) is 2. The van der Waals surface area contributed by atoms with Gasteiger partial charge < -0.3 is 24.7 Å². The van der Waals surface area contributed by atoms with Crippen LogP contribution < -0.4 is 16.1 Å². The molecule has 1 saturated heterocycles. The maximum absolute atomic E-state index is 12.7. The van der Waals surface area contributed by atoms with Crippen molar-refractivity contribution in [1.29, 1.82) is 5.26 Å². The van der Waals surface area contributed by atoms with E-state index in [4.69, 9.17) is 14.0 Å². The van der Waals surface area contributed by atoms with Crippen LogP contribution in [0, 0.1) is 36.5 Å². The summed E-state index contributed by atoms with van der Waals surface area (Å²) in [7, 11) is 0.711. The average Bonchev–Trinajstić information content (AvgIpc) is 3.28. The Kier molecular flexibility index (Phi) is 7.29. The first-order valence-corrected chi connectivity index (χ1v) is 11.9. The molecule has 0 amide bonds. The quantitative estimate of drug-likeness (QED) is 0.476. The summed E-state index contributed by atoms with van der Waals surface area (Å²) >= 11 is 0. The molecule has 1 aliphatic carbocycles. The van der Waals surface area contributed by atoms with Gasteiger partial charge in [-0.1, -0.05) is 13.8 Å². The smallest absolute Gasteiger partial charge is 0.465 e. The molecule has 35 heavy (non-hydrogen) atoms. The van der Waals surface area contributed by atoms with E-state index in [1.165, 1.54) is 7.11 Å². The Balaban J connectivity index is 1.59. The Labute approximate surface area is 206 Å². The summed E-state index contributed by atoms with van der Waals surface area (Å²) in [4.78, 5) is 21.7. The fourth-order valence-corrected chi connectivity index (χ4v) is 4.56. The van der Waals surface area contributed by atoms with Crippen molar-refractivity contribution in [2.45, 2.75) is 53.0 Å². The van der Waals surface area contributed by atoms with Crippen molar-refractivity contribution < 1.29 is 18.8 Å². The highest BCUT2D eigenvalue weighted by atomic mass is 16.6. The van der Waals surface area contributed by atoms with Gasteiger partial charge in [-0.05, 0) is 56.3 Å². The number of anilines is 3. The lowest BCUT2D eigenvalue weighted by Gasteiger charge is -2.34. The number of methoxy groups -OCH3 is 1. The van der Waals surface area contributed by atoms with Gasteiger partial charge in [0.2, 0.25) is 5.95 Å². The van der Waals surface area contributed by atoms with Gasteiger partial charge in [0, 0.05) is 42.1 Å². The van der Waals surface area contributed by atoms with Gasteiger partial charge in [0.15, 0.2) is 0 Å². The van der Waals surface area contributed by atoms with Crippen LogP contribution in [-0.4, -0.2) is 49.4 Å². The zero-order valence-corrected chi connectivity index (χ0v) is 21.0. The summed E-state index contributed by atoms with van der Waals surface area (Å²) in [6.45, 7) is 9.04. The third-order valence-electron chi connectivity index (χ3n) is 6.51. The van der Waals surface area contributed by atoms with E-state index < -0.39 is 13.1 Å². The van der Waals surface area contributed by atoms with Crippen molar-refractivity contribution in [1.82, 2.24) is 9.97 Å². The van der Waals surface area contributed by atoms with Crippen LogP contribution in [-0.2, 0) is 14.0 Å². The predicted octanol–water partition coefficient (Wildman–Crippen LogP) is 3.50. The minimum atomic E-state index is -0.642. The molecule has 2 aromatic rings. The first-order chi connectivity index (χ1) is 16.7. The second kappa shape index (κ2) is 10.2. The molecule has 0 bridgehead atoms. The second-order valence-corrected chi connectivity index (χ2v) is 10.1. The number of benzene rings is 1. The number of hydrogen-bond acceptors (Lipinski definition) is 9. The Morgan fingerprint density at radius 3 is 2.66 bits per heavy atom. The molecule has 0 radical (unpaired) electrons. The molecule has 4 rings (SSSR count). The monoisotopic (exact) mass is 477 g/mol. The molecule has 0 spiro atoms. The average molecular weight is 477 g/mol. The van der Waals surface area contributed by atoms with Crippen LogP contribution in [0.3, 0.4) is 0 Å². The minimum Gasteiger partial charge on any atom is -0.465 e. The van der Waals surface area contributed by atoms with Crippen LogP contribution in [0.2, 0.25) is 0 Å². The summed E-state index contributed by atoms with van der Waals surface area (Å²) in [5.41, 5.74) is 3.32. The molecule has 1 unspecified atom stereocenters. The zero-order chi connectivity index (χ0) is 25.2. The fraction of sp³-hybridized carbons (Fsp3) is 0.520. The molecule has 184 valence electrons. The third kappa shape index (κ3) is 5.58. The van der Waals surface area contributed by atoms with E-state index in [1.54, 1.807) is 12.3 Å². The molecule has 2 N–H and O–H groups in total. The number of carbonyl (C=O) groups excluding carboxylic acids is 1. The van der Waals surface area contributed by atoms with E-state index >= 15 is 0 Å². The number of esters is 1. The summed E-state index contributed by atoms with van der Waals surface area (Å²) in [6.07, 6.45) is 4.61. The van der Waals surface area contributed by atoms with Crippen LogP contribution in [0.1, 0.15) is 54.6 Å². The number of nitrogens with zero attached hydrogens (tertiary/aromatic N) is 3. The first-order valence-electron chi connectivity index (χ1n) is 11.9. The maximum Gasteiger partial charge on any atom is 0.495 e. The van der Waals surface area contributed by atoms with Gasteiger partial charge in [-0.15, -0.1) is 0 Å². The topological polar surface area (TPSA) is 118 Å². The van der Waals surface area contributed by atoms with Crippen LogP contribution in [0.15, 0.2) is 18.3 Å². The molecule has 10 heteroatoms. The lowest BCUT2D eigenvalue weighted by atomic mass is 9.71. The number of hydrogen-bond donors (Lipinski definition) is 2. The lowest BCUT2D eigenvalue weighted by Crippen LogP contribution is -2.50. The van der Waals surface area contributed by atoms with E-state index in [1.807, 2.05) is 19.9 Å². The van der Waals surface area contributed by atoms with Crippen molar-refractivity contribution in [3.05, 3.63) is 35.0 Å². The van der Waals surface area contributed by atoms with Crippen LogP contribution in [0.4, 0.5) is 17.5 Å². The van der Waals surface area contributed by atoms with E-state index in [0.29, 0.717) is 41.7 Å². The molecular weight excluding hydrogens is 445 g/mol. The Morgan fingerprint density at radius 2 is 1.97 bits per heavy atom. The molecular formula is C25H32BN5O4. The van der Waals surface area contributed by atoms with E-state index in [2.05, 4.69) is 40.5 Å². The van der Waals surface area contributed by atoms with Crippen molar-refractivity contribution in [3.63, 3.8) is 0 Å². The van der Waals surface area contributed by atoms with Crippen molar-refractivity contribution >= 4 is 36.0 Å². The van der Waals surface area contributed by atoms with E-state index in [9.17, 15) is 10.1 Å². The number of rotatable bonds is 6. The second-order valence-electron chi connectivity index (χ2n) is 10.1. The summed E-state index contributed by atoms with van der Waals surface area (Å²) in [5, 5.41) is 16.0. The largest absolute Gasteiger partial charge is 0.495 e. The number of carbonyl (C=O) groups is 1. The van der Waals surface area contributed by atoms with Crippen molar-refractivity contribution in [2.24, 2.45) is 11.3 Å². The molecule has 2 atom stereocenters. The highest BCUT2D eigenvalue weighted by Crippen LogP contribution is 2.29. The van der Waals surface area contributed by atoms with Gasteiger partial charge in [-0.25, -0.2) is 9.78 Å². The molecule has 2 aliphatic rings. The SMILES string of the molecule is COC(=O)c1cc(Nc2ncc(C)c(NC3CCC[C@@H]3C#N)n2)cc(C)c1B1OCC(C)(C)CO1. The molecule has 2 fully saturated rings. The summed E-state index contributed by atoms with van der Waals surface area (Å²) < 4.78 is 17.0. The first kappa shape index (κ1) is 25.0. The number of aryl methyl sites for hydroxylation is 2. The maximum atomic E-state index is 12.7. The highest BCUT2D eigenvalue weighted by molar-refractivity contribution is 6.63.